The lowest BCUT2D eigenvalue weighted by molar-refractivity contribution is -0.141. The molecule has 6 N–H and O–H groups in total. The third-order valence-corrected chi connectivity index (χ3v) is 8.50. The highest BCUT2D eigenvalue weighted by atomic mass is 16.3. The predicted molar refractivity (Wildman–Crippen MR) is 115 cm³/mol. The van der Waals surface area contributed by atoms with Crippen molar-refractivity contribution in [1.82, 2.24) is 10.2 Å². The van der Waals surface area contributed by atoms with Crippen LogP contribution in [0.5, 0.6) is 0 Å². The Kier molecular flexibility index (Phi) is 4.83. The molecule has 7 heteroatoms. The number of nitrogens with zero attached hydrogens (tertiary/aromatic N) is 1. The molecule has 0 aromatic rings. The first-order valence-corrected chi connectivity index (χ1v) is 11.3. The second-order valence-electron chi connectivity index (χ2n) is 11.9. The lowest BCUT2D eigenvalue weighted by Crippen LogP contribution is -2.58. The molecule has 4 aliphatic rings. The van der Waals surface area contributed by atoms with Gasteiger partial charge in [-0.05, 0) is 59.8 Å². The average molecular weight is 419 g/mol. The lowest BCUT2D eigenvalue weighted by atomic mass is 9.69. The van der Waals surface area contributed by atoms with Gasteiger partial charge in [0.25, 0.3) is 0 Å². The van der Waals surface area contributed by atoms with E-state index in [4.69, 9.17) is 11.5 Å². The van der Waals surface area contributed by atoms with Crippen molar-refractivity contribution in [1.29, 1.82) is 0 Å². The highest BCUT2D eigenvalue weighted by molar-refractivity contribution is 5.91. The summed E-state index contributed by atoms with van der Waals surface area (Å²) in [6.45, 7) is 10.8. The largest absolute Gasteiger partial charge is 0.400 e. The molecule has 3 aliphatic carbocycles. The van der Waals surface area contributed by atoms with Gasteiger partial charge in [0.05, 0.1) is 12.1 Å². The molecule has 2 amide bonds. The van der Waals surface area contributed by atoms with E-state index in [0.29, 0.717) is 31.0 Å². The average Bonchev–Trinajstić information content (AvgIpc) is 2.96. The number of rotatable bonds is 3. The summed E-state index contributed by atoms with van der Waals surface area (Å²) < 4.78 is 0. The Bertz CT molecular complexity index is 799. The number of allylic oxidation sites excluding steroid dienone is 1. The SMILES string of the molecule is CC(C)(C)[C@H](N)C(=O)N1C[C@@]2(C[C@H]1C(=O)NC1CC3CCC3=C(N)C1O)CC2(C)C. The van der Waals surface area contributed by atoms with Crippen molar-refractivity contribution in [3.8, 4) is 0 Å². The van der Waals surface area contributed by atoms with E-state index in [-0.39, 0.29) is 28.1 Å². The fraction of sp³-hybridized carbons (Fsp3) is 0.826. The first-order valence-electron chi connectivity index (χ1n) is 11.3. The number of aliphatic hydroxyl groups excluding tert-OH is 1. The molecule has 0 aromatic heterocycles. The number of nitrogens with two attached hydrogens (primary N) is 2. The van der Waals surface area contributed by atoms with Gasteiger partial charge in [-0.1, -0.05) is 34.6 Å². The van der Waals surface area contributed by atoms with Crippen molar-refractivity contribution in [2.75, 3.05) is 6.54 Å². The monoisotopic (exact) mass is 418 g/mol. The van der Waals surface area contributed by atoms with Crippen LogP contribution >= 0.6 is 0 Å². The van der Waals surface area contributed by atoms with Crippen molar-refractivity contribution in [3.63, 3.8) is 0 Å². The Morgan fingerprint density at radius 3 is 2.43 bits per heavy atom. The first-order chi connectivity index (χ1) is 13.8. The Hall–Kier alpha value is -1.60. The molecule has 30 heavy (non-hydrogen) atoms. The summed E-state index contributed by atoms with van der Waals surface area (Å²) in [5, 5.41) is 13.7. The van der Waals surface area contributed by atoms with Gasteiger partial charge in [-0.2, -0.15) is 0 Å². The minimum Gasteiger partial charge on any atom is -0.400 e. The van der Waals surface area contributed by atoms with Gasteiger partial charge in [0, 0.05) is 12.2 Å². The van der Waals surface area contributed by atoms with Gasteiger partial charge in [0.1, 0.15) is 12.1 Å². The maximum atomic E-state index is 13.4. The van der Waals surface area contributed by atoms with E-state index < -0.39 is 24.2 Å². The standard InChI is InChI=1S/C23H38N4O3/c1-21(2,3)18(25)20(30)27-11-23(10-22(23,4)5)9-15(27)19(29)26-14-8-12-6-7-13(12)16(24)17(14)28/h12,14-15,17-18,28H,6-11,24-25H2,1-5H3,(H,26,29)/t12?,14?,15-,17?,18+,23+/m0/s1. The number of aliphatic hydroxyl groups is 1. The summed E-state index contributed by atoms with van der Waals surface area (Å²) in [6.07, 6.45) is 3.52. The van der Waals surface area contributed by atoms with Crippen LogP contribution in [0.15, 0.2) is 11.3 Å². The van der Waals surface area contributed by atoms with E-state index >= 15 is 0 Å². The normalized spacial score (nSPS) is 38.2. The highest BCUT2D eigenvalue weighted by Gasteiger charge is 2.67. The molecule has 1 aliphatic heterocycles. The third kappa shape index (κ3) is 3.25. The van der Waals surface area contributed by atoms with Gasteiger partial charge >= 0.3 is 0 Å². The molecule has 4 rings (SSSR count). The van der Waals surface area contributed by atoms with Crippen molar-refractivity contribution in [2.24, 2.45) is 33.6 Å². The molecule has 1 saturated heterocycles. The fourth-order valence-electron chi connectivity index (χ4n) is 5.81. The molecule has 2 saturated carbocycles. The molecule has 3 fully saturated rings. The quantitative estimate of drug-likeness (QED) is 0.549. The van der Waals surface area contributed by atoms with Crippen molar-refractivity contribution in [3.05, 3.63) is 11.3 Å². The van der Waals surface area contributed by atoms with Gasteiger partial charge in [0.2, 0.25) is 11.8 Å². The molecule has 168 valence electrons. The van der Waals surface area contributed by atoms with Gasteiger partial charge in [0.15, 0.2) is 0 Å². The third-order valence-electron chi connectivity index (χ3n) is 8.50. The van der Waals surface area contributed by atoms with E-state index in [1.165, 1.54) is 0 Å². The van der Waals surface area contributed by atoms with Crippen LogP contribution in [-0.2, 0) is 9.59 Å². The maximum Gasteiger partial charge on any atom is 0.243 e. The molecule has 1 spiro atoms. The lowest BCUT2D eigenvalue weighted by Gasteiger charge is -2.42. The molecule has 3 unspecified atom stereocenters. The van der Waals surface area contributed by atoms with E-state index in [1.807, 2.05) is 20.8 Å². The van der Waals surface area contributed by atoms with E-state index in [9.17, 15) is 14.7 Å². The van der Waals surface area contributed by atoms with Crippen molar-refractivity contribution < 1.29 is 14.7 Å². The zero-order valence-corrected chi connectivity index (χ0v) is 19.0. The highest BCUT2D eigenvalue weighted by Crippen LogP contribution is 2.69. The maximum absolute atomic E-state index is 13.4. The zero-order chi connectivity index (χ0) is 22.2. The number of nitrogens with one attached hydrogen (secondary N) is 1. The van der Waals surface area contributed by atoms with Crippen LogP contribution in [0.4, 0.5) is 0 Å². The van der Waals surface area contributed by atoms with Crippen LogP contribution in [0.3, 0.4) is 0 Å². The molecule has 0 aromatic carbocycles. The summed E-state index contributed by atoms with van der Waals surface area (Å²) >= 11 is 0. The van der Waals surface area contributed by atoms with Crippen LogP contribution in [0, 0.1) is 22.2 Å². The van der Waals surface area contributed by atoms with Crippen LogP contribution in [0.25, 0.3) is 0 Å². The molecule has 6 atom stereocenters. The van der Waals surface area contributed by atoms with Crippen LogP contribution in [-0.4, -0.2) is 52.6 Å². The second kappa shape index (κ2) is 6.70. The summed E-state index contributed by atoms with van der Waals surface area (Å²) in [5.41, 5.74) is 13.8. The number of likely N-dealkylation sites (tertiary alicyclic amines) is 1. The van der Waals surface area contributed by atoms with Crippen LogP contribution < -0.4 is 16.8 Å². The van der Waals surface area contributed by atoms with E-state index in [2.05, 4.69) is 19.2 Å². The minimum atomic E-state index is -0.853. The Morgan fingerprint density at radius 2 is 1.93 bits per heavy atom. The smallest absolute Gasteiger partial charge is 0.243 e. The second-order valence-corrected chi connectivity index (χ2v) is 11.9. The molecule has 0 radical (unpaired) electrons. The molecule has 1 heterocycles. The van der Waals surface area contributed by atoms with Crippen LogP contribution in [0.2, 0.25) is 0 Å². The first kappa shape index (κ1) is 21.6. The van der Waals surface area contributed by atoms with Crippen molar-refractivity contribution in [2.45, 2.75) is 91.0 Å². The summed E-state index contributed by atoms with van der Waals surface area (Å²) in [5.74, 6) is 0.0128. The number of carbonyl (C=O) groups excluding carboxylic acids is 2. The Morgan fingerprint density at radius 1 is 1.30 bits per heavy atom. The topological polar surface area (TPSA) is 122 Å². The number of amides is 2. The fourth-order valence-corrected chi connectivity index (χ4v) is 5.81. The number of hydrogen-bond acceptors (Lipinski definition) is 5. The summed E-state index contributed by atoms with van der Waals surface area (Å²) in [4.78, 5) is 28.4. The minimum absolute atomic E-state index is 0.0203. The van der Waals surface area contributed by atoms with Gasteiger partial charge < -0.3 is 26.8 Å². The van der Waals surface area contributed by atoms with Crippen molar-refractivity contribution >= 4 is 11.8 Å². The number of carbonyl (C=O) groups is 2. The van der Waals surface area contributed by atoms with Gasteiger partial charge in [-0.15, -0.1) is 0 Å². The molecular formula is C23H38N4O3. The molecule has 7 nitrogen and oxygen atoms in total. The Labute approximate surface area is 179 Å². The Balaban J connectivity index is 1.53. The van der Waals surface area contributed by atoms with E-state index in [0.717, 1.165) is 24.8 Å². The number of fused-ring (bicyclic) bond motifs is 1. The summed E-state index contributed by atoms with van der Waals surface area (Å²) in [6, 6.07) is -1.61. The van der Waals surface area contributed by atoms with Gasteiger partial charge in [-0.25, -0.2) is 0 Å². The predicted octanol–water partition coefficient (Wildman–Crippen LogP) is 1.25. The zero-order valence-electron chi connectivity index (χ0n) is 19.0. The molecule has 0 bridgehead atoms. The number of hydrogen-bond donors (Lipinski definition) is 4. The molecular weight excluding hydrogens is 380 g/mol. The summed E-state index contributed by atoms with van der Waals surface area (Å²) in [7, 11) is 0. The van der Waals surface area contributed by atoms with Gasteiger partial charge in [-0.3, -0.25) is 9.59 Å². The van der Waals surface area contributed by atoms with Crippen LogP contribution in [0.1, 0.15) is 66.7 Å². The van der Waals surface area contributed by atoms with E-state index in [1.54, 1.807) is 4.90 Å².